The van der Waals surface area contributed by atoms with Crippen LogP contribution in [0.4, 0.5) is 11.1 Å². The molecular formula is C28H34ClN7O3S. The number of hydrogen-bond donors (Lipinski definition) is 3. The highest BCUT2D eigenvalue weighted by atomic mass is 35.5. The van der Waals surface area contributed by atoms with Crippen LogP contribution in [0.2, 0.25) is 5.02 Å². The first-order valence-electron chi connectivity index (χ1n) is 13.3. The molecule has 0 bridgehead atoms. The van der Waals surface area contributed by atoms with Gasteiger partial charge in [0.1, 0.15) is 0 Å². The van der Waals surface area contributed by atoms with E-state index in [4.69, 9.17) is 21.3 Å². The van der Waals surface area contributed by atoms with E-state index < -0.39 is 6.04 Å². The monoisotopic (exact) mass is 583 g/mol. The number of halogens is 1. The first kappa shape index (κ1) is 28.4. The highest BCUT2D eigenvalue weighted by molar-refractivity contribution is 7.22. The van der Waals surface area contributed by atoms with Crippen LogP contribution < -0.4 is 16.0 Å². The summed E-state index contributed by atoms with van der Waals surface area (Å²) in [6.45, 7) is 3.02. The summed E-state index contributed by atoms with van der Waals surface area (Å²) < 4.78 is 8.32. The number of aromatic nitrogens is 3. The highest BCUT2D eigenvalue weighted by Crippen LogP contribution is 2.31. The zero-order chi connectivity index (χ0) is 28.2. The van der Waals surface area contributed by atoms with E-state index in [0.29, 0.717) is 40.3 Å². The number of hydrogen-bond acceptors (Lipinski definition) is 9. The van der Waals surface area contributed by atoms with E-state index in [-0.39, 0.29) is 24.2 Å². The Kier molecular flexibility index (Phi) is 8.97. The zero-order valence-electron chi connectivity index (χ0n) is 22.9. The minimum Gasteiger partial charge on any atom is -0.383 e. The summed E-state index contributed by atoms with van der Waals surface area (Å²) in [6, 6.07) is 10.5. The highest BCUT2D eigenvalue weighted by Gasteiger charge is 2.31. The third kappa shape index (κ3) is 6.45. The van der Waals surface area contributed by atoms with Crippen molar-refractivity contribution in [3.05, 3.63) is 47.0 Å². The van der Waals surface area contributed by atoms with Gasteiger partial charge in [-0.15, -0.1) is 0 Å². The van der Waals surface area contributed by atoms with Gasteiger partial charge in [0.15, 0.2) is 10.9 Å². The van der Waals surface area contributed by atoms with Crippen molar-refractivity contribution in [2.24, 2.45) is 5.92 Å². The Balaban J connectivity index is 1.42. The molecule has 0 saturated carbocycles. The normalized spacial score (nSPS) is 15.1. The molecule has 2 aromatic heterocycles. The van der Waals surface area contributed by atoms with E-state index in [2.05, 4.69) is 20.9 Å². The predicted octanol–water partition coefficient (Wildman–Crippen LogP) is 3.92. The number of ether oxygens (including phenoxy) is 1. The van der Waals surface area contributed by atoms with Crippen molar-refractivity contribution in [3.63, 3.8) is 0 Å². The number of imidazole rings is 1. The molecule has 10 nitrogen and oxygen atoms in total. The van der Waals surface area contributed by atoms with E-state index >= 15 is 0 Å². The number of piperidine rings is 1. The van der Waals surface area contributed by atoms with Gasteiger partial charge >= 0.3 is 0 Å². The Morgan fingerprint density at radius 1 is 1.18 bits per heavy atom. The number of ketones is 1. The number of benzene rings is 2. The van der Waals surface area contributed by atoms with E-state index in [9.17, 15) is 9.59 Å². The number of carbonyl (C=O) groups is 2. The lowest BCUT2D eigenvalue weighted by molar-refractivity contribution is -0.123. The van der Waals surface area contributed by atoms with Crippen molar-refractivity contribution in [1.82, 2.24) is 30.1 Å². The number of carbonyl (C=O) groups excluding carboxylic acids is 2. The molecule has 12 heteroatoms. The molecule has 212 valence electrons. The Labute approximate surface area is 242 Å². The molecule has 40 heavy (non-hydrogen) atoms. The summed E-state index contributed by atoms with van der Waals surface area (Å²) >= 11 is 7.64. The van der Waals surface area contributed by atoms with E-state index in [1.54, 1.807) is 19.2 Å². The first-order chi connectivity index (χ1) is 19.3. The average molecular weight is 584 g/mol. The van der Waals surface area contributed by atoms with Crippen molar-refractivity contribution in [2.45, 2.75) is 25.4 Å². The number of anilines is 2. The number of nitrogens with zero attached hydrogens (tertiary/aromatic N) is 4. The first-order valence-corrected chi connectivity index (χ1v) is 14.5. The fourth-order valence-electron chi connectivity index (χ4n) is 5.10. The summed E-state index contributed by atoms with van der Waals surface area (Å²) in [6.07, 6.45) is 1.69. The second kappa shape index (κ2) is 12.6. The van der Waals surface area contributed by atoms with Gasteiger partial charge in [-0.2, -0.15) is 0 Å². The molecule has 1 unspecified atom stereocenters. The van der Waals surface area contributed by atoms with Gasteiger partial charge in [0, 0.05) is 24.2 Å². The van der Waals surface area contributed by atoms with Crippen molar-refractivity contribution in [1.29, 1.82) is 0 Å². The lowest BCUT2D eigenvalue weighted by Crippen LogP contribution is -2.51. The third-order valence-electron chi connectivity index (χ3n) is 7.06. The van der Waals surface area contributed by atoms with Gasteiger partial charge in [0.2, 0.25) is 5.95 Å². The molecule has 1 atom stereocenters. The second-order valence-electron chi connectivity index (χ2n) is 10.3. The second-order valence-corrected chi connectivity index (χ2v) is 11.7. The largest absolute Gasteiger partial charge is 0.383 e. The van der Waals surface area contributed by atoms with E-state index in [0.717, 1.165) is 41.7 Å². The van der Waals surface area contributed by atoms with E-state index in [1.165, 1.54) is 11.3 Å². The van der Waals surface area contributed by atoms with Crippen LogP contribution >= 0.6 is 22.9 Å². The fourth-order valence-corrected chi connectivity index (χ4v) is 6.23. The minimum absolute atomic E-state index is 0.0266. The molecule has 5 rings (SSSR count). The molecule has 4 aromatic rings. The van der Waals surface area contributed by atoms with Crippen molar-refractivity contribution in [3.8, 4) is 0 Å². The van der Waals surface area contributed by atoms with Crippen molar-refractivity contribution in [2.75, 3.05) is 52.8 Å². The van der Waals surface area contributed by atoms with Crippen LogP contribution in [0.5, 0.6) is 0 Å². The number of methoxy groups -OCH3 is 1. The Hall–Kier alpha value is -3.09. The van der Waals surface area contributed by atoms with Crippen LogP contribution in [0.1, 0.15) is 23.2 Å². The molecule has 2 aromatic carbocycles. The third-order valence-corrected chi connectivity index (χ3v) is 8.23. The van der Waals surface area contributed by atoms with Gasteiger partial charge in [-0.3, -0.25) is 9.59 Å². The molecule has 3 N–H and O–H groups in total. The topological polar surface area (TPSA) is 113 Å². The maximum absolute atomic E-state index is 13.4. The van der Waals surface area contributed by atoms with Crippen molar-refractivity contribution >= 4 is 67.0 Å². The fraction of sp³-hybridized carbons (Fsp3) is 0.429. The SMILES string of the molecule is COCCn1c(Nc2nc3ccc(Cl)cc3s2)nc2cc(C(=O)NC(C(=O)CN(C)C)C3CCNCC3)ccc21. The molecule has 0 aliphatic carbocycles. The zero-order valence-corrected chi connectivity index (χ0v) is 24.4. The molecule has 1 fully saturated rings. The summed E-state index contributed by atoms with van der Waals surface area (Å²) in [5, 5.41) is 11.1. The Bertz CT molecular complexity index is 1510. The number of rotatable bonds is 11. The Morgan fingerprint density at radius 2 is 1.98 bits per heavy atom. The van der Waals surface area contributed by atoms with Gasteiger partial charge in [-0.1, -0.05) is 22.9 Å². The molecule has 1 aliphatic heterocycles. The van der Waals surface area contributed by atoms with Gasteiger partial charge in [0.05, 0.1) is 40.4 Å². The van der Waals surface area contributed by atoms with Gasteiger partial charge in [-0.25, -0.2) is 9.97 Å². The van der Waals surface area contributed by atoms with E-state index in [1.807, 2.05) is 47.8 Å². The molecule has 1 amide bonds. The van der Waals surface area contributed by atoms with Crippen LogP contribution in [0.25, 0.3) is 21.3 Å². The van der Waals surface area contributed by atoms with Gasteiger partial charge in [0.25, 0.3) is 5.91 Å². The summed E-state index contributed by atoms with van der Waals surface area (Å²) in [5.41, 5.74) is 2.83. The smallest absolute Gasteiger partial charge is 0.251 e. The van der Waals surface area contributed by atoms with Crippen LogP contribution in [-0.4, -0.2) is 84.6 Å². The Morgan fingerprint density at radius 3 is 2.73 bits per heavy atom. The number of thiazole rings is 1. The minimum atomic E-state index is -0.531. The number of Topliss-reactive ketones (excluding diaryl/α,β-unsaturated/α-hetero) is 1. The van der Waals surface area contributed by atoms with Crippen LogP contribution in [-0.2, 0) is 16.1 Å². The number of likely N-dealkylation sites (N-methyl/N-ethyl adjacent to an activating group) is 1. The van der Waals surface area contributed by atoms with Gasteiger partial charge < -0.3 is 30.2 Å². The quantitative estimate of drug-likeness (QED) is 0.243. The number of nitrogens with one attached hydrogen (secondary N) is 3. The average Bonchev–Trinajstić information content (AvgIpc) is 3.49. The molecule has 3 heterocycles. The molecule has 0 spiro atoms. The molecular weight excluding hydrogens is 550 g/mol. The molecule has 0 radical (unpaired) electrons. The maximum atomic E-state index is 13.4. The van der Waals surface area contributed by atoms with Crippen LogP contribution in [0.15, 0.2) is 36.4 Å². The van der Waals surface area contributed by atoms with Crippen LogP contribution in [0.3, 0.4) is 0 Å². The molecule has 1 saturated heterocycles. The summed E-state index contributed by atoms with van der Waals surface area (Å²) in [4.78, 5) is 37.9. The number of amides is 1. The number of fused-ring (bicyclic) bond motifs is 2. The lowest BCUT2D eigenvalue weighted by Gasteiger charge is -2.31. The van der Waals surface area contributed by atoms with Crippen molar-refractivity contribution < 1.29 is 14.3 Å². The lowest BCUT2D eigenvalue weighted by atomic mass is 9.87. The summed E-state index contributed by atoms with van der Waals surface area (Å²) in [5.74, 6) is 0.456. The van der Waals surface area contributed by atoms with Gasteiger partial charge in [-0.05, 0) is 82.3 Å². The molecule has 1 aliphatic rings. The maximum Gasteiger partial charge on any atom is 0.251 e. The standard InChI is InChI=1S/C28H34ClN7O3S/c1-35(2)16-23(37)25(17-8-10-30-11-9-17)33-26(38)18-4-7-22-21(14-18)31-27(36(22)12-13-39-3)34-28-32-20-6-5-19(29)15-24(20)40-28/h4-7,14-15,17,25,30H,8-13,16H2,1-3H3,(H,33,38)(H,31,32,34). The predicted molar refractivity (Wildman–Crippen MR) is 160 cm³/mol. The summed E-state index contributed by atoms with van der Waals surface area (Å²) in [7, 11) is 5.38. The van der Waals surface area contributed by atoms with Crippen LogP contribution in [0, 0.1) is 5.92 Å².